The number of aromatic nitrogens is 3. The lowest BCUT2D eigenvalue weighted by atomic mass is 10.0. The normalized spacial score (nSPS) is 18.4. The Morgan fingerprint density at radius 2 is 1.97 bits per heavy atom. The van der Waals surface area contributed by atoms with Gasteiger partial charge in [0.05, 0.1) is 40.7 Å². The van der Waals surface area contributed by atoms with E-state index in [1.807, 2.05) is 45.9 Å². The Balaban J connectivity index is 1.36. The van der Waals surface area contributed by atoms with Crippen LogP contribution in [0.4, 0.5) is 5.69 Å². The first-order valence-corrected chi connectivity index (χ1v) is 13.6. The molecule has 1 aliphatic rings. The number of anilines is 1. The third-order valence-electron chi connectivity index (χ3n) is 6.86. The Morgan fingerprint density at radius 1 is 1.21 bits per heavy atom. The number of H-pyrrole nitrogens is 1. The molecule has 3 aromatic heterocycles. The second-order valence-electron chi connectivity index (χ2n) is 10.5. The zero-order valence-electron chi connectivity index (χ0n) is 21.8. The number of nitrogens with one attached hydrogen (secondary N) is 3. The second-order valence-corrected chi connectivity index (χ2v) is 11.7. The van der Waals surface area contributed by atoms with Gasteiger partial charge in [-0.05, 0) is 80.1 Å². The summed E-state index contributed by atoms with van der Waals surface area (Å²) in [7, 11) is 0. The third-order valence-corrected chi connectivity index (χ3v) is 7.48. The number of amides is 2. The molecule has 1 aliphatic heterocycles. The first-order chi connectivity index (χ1) is 18.1. The Bertz CT molecular complexity index is 1520. The van der Waals surface area contributed by atoms with Crippen LogP contribution >= 0.6 is 22.6 Å². The molecule has 0 aliphatic carbocycles. The Hall–Kier alpha value is -3.09. The van der Waals surface area contributed by atoms with E-state index in [2.05, 4.69) is 59.1 Å². The van der Waals surface area contributed by atoms with E-state index in [1.54, 1.807) is 24.8 Å². The van der Waals surface area contributed by atoms with Gasteiger partial charge in [-0.1, -0.05) is 0 Å². The van der Waals surface area contributed by atoms with Crippen molar-refractivity contribution < 1.29 is 14.3 Å². The first-order valence-electron chi connectivity index (χ1n) is 12.6. The Kier molecular flexibility index (Phi) is 7.38. The molecule has 3 N–H and O–H groups in total. The van der Waals surface area contributed by atoms with Crippen molar-refractivity contribution >= 4 is 61.9 Å². The van der Waals surface area contributed by atoms with E-state index in [4.69, 9.17) is 4.74 Å². The molecule has 198 valence electrons. The van der Waals surface area contributed by atoms with Gasteiger partial charge in [0.15, 0.2) is 0 Å². The van der Waals surface area contributed by atoms with Gasteiger partial charge >= 0.3 is 0 Å². The number of fused-ring (bicyclic) bond motifs is 3. The van der Waals surface area contributed by atoms with Crippen LogP contribution < -0.4 is 10.6 Å². The molecule has 2 amide bonds. The number of hydrogen-bond donors (Lipinski definition) is 3. The highest BCUT2D eigenvalue weighted by atomic mass is 127. The standard InChI is InChI=1S/C28H31IN6O3/c1-16-5-7-30-11-21(16)26(36)32-17(2)13-35-15-28(3,4)38-14-24(35)27(37)34-22-10-18(29)9-20-19-6-8-31-12-23(19)33-25(20)22/h5-12,17,24,33H,13-15H2,1-4H3,(H,32,36)(H,34,37)/t17-,24?/m0/s1. The van der Waals surface area contributed by atoms with Crippen molar-refractivity contribution in [1.82, 2.24) is 25.2 Å². The maximum absolute atomic E-state index is 13.7. The summed E-state index contributed by atoms with van der Waals surface area (Å²) in [5, 5.41) is 8.30. The Labute approximate surface area is 234 Å². The summed E-state index contributed by atoms with van der Waals surface area (Å²) in [5.74, 6) is -0.326. The van der Waals surface area contributed by atoms with Gasteiger partial charge in [-0.3, -0.25) is 24.5 Å². The van der Waals surface area contributed by atoms with Gasteiger partial charge in [-0.2, -0.15) is 0 Å². The van der Waals surface area contributed by atoms with E-state index in [-0.39, 0.29) is 24.5 Å². The van der Waals surface area contributed by atoms with Crippen LogP contribution in [-0.4, -0.2) is 69.0 Å². The molecule has 38 heavy (non-hydrogen) atoms. The van der Waals surface area contributed by atoms with E-state index >= 15 is 0 Å². The number of halogens is 1. The highest BCUT2D eigenvalue weighted by Gasteiger charge is 2.38. The van der Waals surface area contributed by atoms with Crippen molar-refractivity contribution in [3.63, 3.8) is 0 Å². The lowest BCUT2D eigenvalue weighted by molar-refractivity contribution is -0.143. The minimum atomic E-state index is -0.513. The molecule has 0 saturated carbocycles. The van der Waals surface area contributed by atoms with E-state index < -0.39 is 11.6 Å². The Morgan fingerprint density at radius 3 is 2.76 bits per heavy atom. The quantitative estimate of drug-likeness (QED) is 0.276. The molecule has 1 saturated heterocycles. The van der Waals surface area contributed by atoms with Gasteiger partial charge in [0.25, 0.3) is 5.91 Å². The van der Waals surface area contributed by atoms with Crippen LogP contribution in [0.2, 0.25) is 0 Å². The average Bonchev–Trinajstić information content (AvgIpc) is 3.22. The number of pyridine rings is 2. The van der Waals surface area contributed by atoms with E-state index in [9.17, 15) is 9.59 Å². The van der Waals surface area contributed by atoms with Gasteiger partial charge in [0.1, 0.15) is 6.04 Å². The fourth-order valence-corrected chi connectivity index (χ4v) is 5.64. The van der Waals surface area contributed by atoms with Crippen molar-refractivity contribution in [1.29, 1.82) is 0 Å². The van der Waals surface area contributed by atoms with Gasteiger partial charge < -0.3 is 20.4 Å². The zero-order valence-corrected chi connectivity index (χ0v) is 24.0. The van der Waals surface area contributed by atoms with Gasteiger partial charge in [0, 0.05) is 52.1 Å². The number of ether oxygens (including phenoxy) is 1. The minimum absolute atomic E-state index is 0.151. The molecule has 5 rings (SSSR count). The van der Waals surface area contributed by atoms with Crippen LogP contribution in [0.5, 0.6) is 0 Å². The maximum Gasteiger partial charge on any atom is 0.253 e. The molecule has 4 heterocycles. The smallest absolute Gasteiger partial charge is 0.253 e. The van der Waals surface area contributed by atoms with Gasteiger partial charge in [-0.25, -0.2) is 0 Å². The molecule has 2 atom stereocenters. The van der Waals surface area contributed by atoms with Crippen molar-refractivity contribution in [2.45, 2.75) is 45.4 Å². The number of nitrogens with zero attached hydrogens (tertiary/aromatic N) is 3. The molecular weight excluding hydrogens is 595 g/mol. The maximum atomic E-state index is 13.7. The molecule has 10 heteroatoms. The highest BCUT2D eigenvalue weighted by Crippen LogP contribution is 2.32. The third kappa shape index (κ3) is 5.52. The van der Waals surface area contributed by atoms with Crippen molar-refractivity contribution in [2.75, 3.05) is 25.0 Å². The molecule has 9 nitrogen and oxygen atoms in total. The monoisotopic (exact) mass is 626 g/mol. The van der Waals surface area contributed by atoms with Crippen molar-refractivity contribution in [3.05, 3.63) is 63.7 Å². The van der Waals surface area contributed by atoms with E-state index in [1.165, 1.54) is 0 Å². The summed E-state index contributed by atoms with van der Waals surface area (Å²) in [6.45, 7) is 9.16. The summed E-state index contributed by atoms with van der Waals surface area (Å²) in [4.78, 5) is 40.3. The molecule has 0 bridgehead atoms. The topological polar surface area (TPSA) is 112 Å². The summed E-state index contributed by atoms with van der Waals surface area (Å²) < 4.78 is 7.07. The number of carbonyl (C=O) groups is 2. The second kappa shape index (κ2) is 10.6. The summed E-state index contributed by atoms with van der Waals surface area (Å²) >= 11 is 2.27. The predicted molar refractivity (Wildman–Crippen MR) is 156 cm³/mol. The van der Waals surface area contributed by atoms with Crippen LogP contribution in [0.15, 0.2) is 49.1 Å². The van der Waals surface area contributed by atoms with Crippen LogP contribution in [0, 0.1) is 10.5 Å². The fraction of sp³-hybridized carbons (Fsp3) is 0.357. The number of rotatable bonds is 6. The number of aryl methyl sites for hydroxylation is 1. The fourth-order valence-electron chi connectivity index (χ4n) is 5.02. The molecule has 1 fully saturated rings. The van der Waals surface area contributed by atoms with Gasteiger partial charge in [-0.15, -0.1) is 0 Å². The number of benzene rings is 1. The molecule has 4 aromatic rings. The number of carbonyl (C=O) groups excluding carboxylic acids is 2. The minimum Gasteiger partial charge on any atom is -0.372 e. The number of hydrogen-bond acceptors (Lipinski definition) is 6. The van der Waals surface area contributed by atoms with Crippen molar-refractivity contribution in [3.8, 4) is 0 Å². The largest absolute Gasteiger partial charge is 0.372 e. The van der Waals surface area contributed by atoms with Gasteiger partial charge in [0.2, 0.25) is 5.91 Å². The first kappa shape index (κ1) is 26.5. The lowest BCUT2D eigenvalue weighted by Gasteiger charge is -2.43. The zero-order chi connectivity index (χ0) is 27.0. The van der Waals surface area contributed by atoms with E-state index in [0.29, 0.717) is 24.3 Å². The number of morpholine rings is 1. The van der Waals surface area contributed by atoms with Crippen LogP contribution in [0.3, 0.4) is 0 Å². The van der Waals surface area contributed by atoms with Crippen molar-refractivity contribution in [2.24, 2.45) is 0 Å². The molecule has 1 aromatic carbocycles. The number of aromatic amines is 1. The van der Waals surface area contributed by atoms with Crippen LogP contribution in [0.1, 0.15) is 36.7 Å². The summed E-state index contributed by atoms with van der Waals surface area (Å²) in [6.07, 6.45) is 6.80. The molecule has 1 unspecified atom stereocenters. The molecular formula is C28H31IN6O3. The highest BCUT2D eigenvalue weighted by molar-refractivity contribution is 14.1. The SMILES string of the molecule is Cc1ccncc1C(=O)N[C@@H](C)CN1CC(C)(C)OCC1C(=O)Nc1cc(I)cc2c1[nH]c1cnccc12. The summed E-state index contributed by atoms with van der Waals surface area (Å²) in [5.41, 5.74) is 3.49. The van der Waals surface area contributed by atoms with Crippen LogP contribution in [0.25, 0.3) is 21.8 Å². The lowest BCUT2D eigenvalue weighted by Crippen LogP contribution is -2.60. The summed E-state index contributed by atoms with van der Waals surface area (Å²) in [6, 6.07) is 7.13. The predicted octanol–water partition coefficient (Wildman–Crippen LogP) is 4.26. The van der Waals surface area contributed by atoms with E-state index in [0.717, 1.165) is 30.9 Å². The molecule has 0 radical (unpaired) electrons. The average molecular weight is 626 g/mol. The van der Waals surface area contributed by atoms with Crippen LogP contribution in [-0.2, 0) is 9.53 Å². The molecule has 0 spiro atoms.